The molecule has 1 N–H and O–H groups in total. The third kappa shape index (κ3) is 6.10. The van der Waals surface area contributed by atoms with Crippen LogP contribution in [0.2, 0.25) is 5.02 Å². The van der Waals surface area contributed by atoms with Crippen molar-refractivity contribution in [2.24, 2.45) is 0 Å². The Hall–Kier alpha value is -2.33. The van der Waals surface area contributed by atoms with Gasteiger partial charge in [-0.3, -0.25) is 9.59 Å². The monoisotopic (exact) mass is 386 g/mol. The molecule has 0 spiro atoms. The molecular formula is C22H27ClN2O2. The Morgan fingerprint density at radius 2 is 1.89 bits per heavy atom. The molecule has 2 rings (SSSR count). The van der Waals surface area contributed by atoms with Gasteiger partial charge in [-0.05, 0) is 49.1 Å². The van der Waals surface area contributed by atoms with Gasteiger partial charge in [0, 0.05) is 18.1 Å². The molecule has 0 aliphatic heterocycles. The lowest BCUT2D eigenvalue weighted by Crippen LogP contribution is -2.48. The Bertz CT molecular complexity index is 791. The first-order chi connectivity index (χ1) is 12.9. The number of hydrogen-bond acceptors (Lipinski definition) is 2. The van der Waals surface area contributed by atoms with Crippen molar-refractivity contribution in [1.82, 2.24) is 10.2 Å². The number of hydrogen-bond donors (Lipinski definition) is 1. The number of rotatable bonds is 8. The molecule has 144 valence electrons. The summed E-state index contributed by atoms with van der Waals surface area (Å²) in [5, 5.41) is 3.49. The van der Waals surface area contributed by atoms with Crippen molar-refractivity contribution in [3.8, 4) is 0 Å². The van der Waals surface area contributed by atoms with E-state index in [1.54, 1.807) is 17.9 Å². The van der Waals surface area contributed by atoms with Gasteiger partial charge in [-0.2, -0.15) is 0 Å². The maximum absolute atomic E-state index is 13.1. The van der Waals surface area contributed by atoms with Gasteiger partial charge in [-0.1, -0.05) is 54.9 Å². The standard InChI is InChI=1S/C22H27ClN2O2/c1-4-12-24-22(27)17(3)25(15-18-9-7-11-20(23)13-18)21(26)14-19-10-6-5-8-16(19)2/h5-11,13,17H,4,12,14-15H2,1-3H3,(H,24,27). The van der Waals surface area contributed by atoms with Gasteiger partial charge in [0.1, 0.15) is 6.04 Å². The molecular weight excluding hydrogens is 360 g/mol. The van der Waals surface area contributed by atoms with Crippen LogP contribution in [0.3, 0.4) is 0 Å². The summed E-state index contributed by atoms with van der Waals surface area (Å²) in [5.74, 6) is -0.222. The molecule has 2 aromatic carbocycles. The zero-order valence-electron chi connectivity index (χ0n) is 16.2. The number of nitrogens with one attached hydrogen (secondary N) is 1. The van der Waals surface area contributed by atoms with Crippen LogP contribution in [0.4, 0.5) is 0 Å². The van der Waals surface area contributed by atoms with Crippen molar-refractivity contribution < 1.29 is 9.59 Å². The van der Waals surface area contributed by atoms with Gasteiger partial charge in [0.2, 0.25) is 11.8 Å². The van der Waals surface area contributed by atoms with E-state index in [1.807, 2.05) is 56.3 Å². The fraction of sp³-hybridized carbons (Fsp3) is 0.364. The first-order valence-corrected chi connectivity index (χ1v) is 9.66. The topological polar surface area (TPSA) is 49.4 Å². The Morgan fingerprint density at radius 3 is 2.56 bits per heavy atom. The van der Waals surface area contributed by atoms with Crippen molar-refractivity contribution in [2.45, 2.75) is 46.2 Å². The van der Waals surface area contributed by atoms with E-state index in [0.29, 0.717) is 18.1 Å². The Kier molecular flexibility index (Phi) is 7.86. The van der Waals surface area contributed by atoms with Crippen molar-refractivity contribution in [2.75, 3.05) is 6.54 Å². The Balaban J connectivity index is 2.23. The predicted octanol–water partition coefficient (Wildman–Crippen LogP) is 4.13. The van der Waals surface area contributed by atoms with Gasteiger partial charge in [0.05, 0.1) is 6.42 Å². The highest BCUT2D eigenvalue weighted by Crippen LogP contribution is 2.17. The summed E-state index contributed by atoms with van der Waals surface area (Å²) >= 11 is 6.09. The van der Waals surface area contributed by atoms with Crippen LogP contribution >= 0.6 is 11.6 Å². The van der Waals surface area contributed by atoms with E-state index in [2.05, 4.69) is 5.32 Å². The van der Waals surface area contributed by atoms with Crippen LogP contribution in [0, 0.1) is 6.92 Å². The molecule has 0 aliphatic rings. The molecule has 0 radical (unpaired) electrons. The average molecular weight is 387 g/mol. The van der Waals surface area contributed by atoms with Crippen LogP contribution in [-0.4, -0.2) is 29.3 Å². The molecule has 2 amide bonds. The minimum absolute atomic E-state index is 0.0802. The van der Waals surface area contributed by atoms with Gasteiger partial charge < -0.3 is 10.2 Å². The summed E-state index contributed by atoms with van der Waals surface area (Å²) in [5.41, 5.74) is 2.94. The zero-order chi connectivity index (χ0) is 19.8. The first kappa shape index (κ1) is 21.0. The Morgan fingerprint density at radius 1 is 1.15 bits per heavy atom. The van der Waals surface area contributed by atoms with Crippen LogP contribution in [-0.2, 0) is 22.6 Å². The molecule has 4 nitrogen and oxygen atoms in total. The van der Waals surface area contributed by atoms with E-state index in [0.717, 1.165) is 23.1 Å². The second-order valence-electron chi connectivity index (χ2n) is 6.72. The van der Waals surface area contributed by atoms with E-state index in [1.165, 1.54) is 0 Å². The second-order valence-corrected chi connectivity index (χ2v) is 7.16. The summed E-state index contributed by atoms with van der Waals surface area (Å²) < 4.78 is 0. The van der Waals surface area contributed by atoms with E-state index in [-0.39, 0.29) is 18.2 Å². The molecule has 0 heterocycles. The number of aryl methyl sites for hydroxylation is 1. The maximum Gasteiger partial charge on any atom is 0.242 e. The molecule has 5 heteroatoms. The molecule has 0 aromatic heterocycles. The minimum Gasteiger partial charge on any atom is -0.354 e. The number of amides is 2. The van der Waals surface area contributed by atoms with Crippen LogP contribution < -0.4 is 5.32 Å². The highest BCUT2D eigenvalue weighted by Gasteiger charge is 2.26. The number of benzene rings is 2. The molecule has 2 aromatic rings. The van der Waals surface area contributed by atoms with Gasteiger partial charge in [0.15, 0.2) is 0 Å². The first-order valence-electron chi connectivity index (χ1n) is 9.28. The predicted molar refractivity (Wildman–Crippen MR) is 110 cm³/mol. The second kappa shape index (κ2) is 10.1. The van der Waals surface area contributed by atoms with Crippen molar-refractivity contribution in [3.63, 3.8) is 0 Å². The SMILES string of the molecule is CCCNC(=O)C(C)N(Cc1cccc(Cl)c1)C(=O)Cc1ccccc1C. The van der Waals surface area contributed by atoms with Gasteiger partial charge in [-0.25, -0.2) is 0 Å². The van der Waals surface area contributed by atoms with Crippen molar-refractivity contribution in [3.05, 3.63) is 70.2 Å². The summed E-state index contributed by atoms with van der Waals surface area (Å²) in [6, 6.07) is 14.6. The summed E-state index contributed by atoms with van der Waals surface area (Å²) in [6.45, 7) is 6.69. The van der Waals surface area contributed by atoms with Crippen molar-refractivity contribution in [1.29, 1.82) is 0 Å². The average Bonchev–Trinajstić information content (AvgIpc) is 2.65. The molecule has 0 saturated heterocycles. The third-order valence-corrected chi connectivity index (χ3v) is 4.80. The van der Waals surface area contributed by atoms with Crippen molar-refractivity contribution >= 4 is 23.4 Å². The fourth-order valence-electron chi connectivity index (χ4n) is 2.88. The van der Waals surface area contributed by atoms with Crippen LogP contribution in [0.15, 0.2) is 48.5 Å². The highest BCUT2D eigenvalue weighted by molar-refractivity contribution is 6.30. The quantitative estimate of drug-likeness (QED) is 0.741. The van der Waals surface area contributed by atoms with E-state index >= 15 is 0 Å². The Labute approximate surface area is 166 Å². The van der Waals surface area contributed by atoms with Crippen LogP contribution in [0.1, 0.15) is 37.0 Å². The minimum atomic E-state index is -0.563. The van der Waals surface area contributed by atoms with Crippen LogP contribution in [0.5, 0.6) is 0 Å². The zero-order valence-corrected chi connectivity index (χ0v) is 16.9. The molecule has 0 aliphatic carbocycles. The molecule has 1 atom stereocenters. The van der Waals surface area contributed by atoms with Gasteiger partial charge >= 0.3 is 0 Å². The molecule has 0 bridgehead atoms. The van der Waals surface area contributed by atoms with E-state index in [4.69, 9.17) is 11.6 Å². The van der Waals surface area contributed by atoms with E-state index in [9.17, 15) is 9.59 Å². The fourth-order valence-corrected chi connectivity index (χ4v) is 3.10. The van der Waals surface area contributed by atoms with E-state index < -0.39 is 6.04 Å². The summed E-state index contributed by atoms with van der Waals surface area (Å²) in [4.78, 5) is 27.2. The number of carbonyl (C=O) groups excluding carboxylic acids is 2. The lowest BCUT2D eigenvalue weighted by Gasteiger charge is -2.29. The number of carbonyl (C=O) groups is 2. The maximum atomic E-state index is 13.1. The van der Waals surface area contributed by atoms with Gasteiger partial charge in [-0.15, -0.1) is 0 Å². The smallest absolute Gasteiger partial charge is 0.242 e. The summed E-state index contributed by atoms with van der Waals surface area (Å²) in [6.07, 6.45) is 1.11. The summed E-state index contributed by atoms with van der Waals surface area (Å²) in [7, 11) is 0. The largest absolute Gasteiger partial charge is 0.354 e. The molecule has 27 heavy (non-hydrogen) atoms. The lowest BCUT2D eigenvalue weighted by atomic mass is 10.0. The van der Waals surface area contributed by atoms with Gasteiger partial charge in [0.25, 0.3) is 0 Å². The highest BCUT2D eigenvalue weighted by atomic mass is 35.5. The molecule has 1 unspecified atom stereocenters. The molecule has 0 saturated carbocycles. The third-order valence-electron chi connectivity index (χ3n) is 4.56. The van der Waals surface area contributed by atoms with Crippen LogP contribution in [0.25, 0.3) is 0 Å². The lowest BCUT2D eigenvalue weighted by molar-refractivity contribution is -0.140. The number of nitrogens with zero attached hydrogens (tertiary/aromatic N) is 1. The normalized spacial score (nSPS) is 11.7. The molecule has 0 fully saturated rings. The number of halogens is 1.